The number of fused-ring (bicyclic) bond motifs is 2. The van der Waals surface area contributed by atoms with Gasteiger partial charge < -0.3 is 26.6 Å². The Labute approximate surface area is 327 Å². The molecular weight excluding hydrogens is 689 g/mol. The molecule has 3 heterocycles. The van der Waals surface area contributed by atoms with Gasteiger partial charge in [-0.15, -0.1) is 0 Å². The summed E-state index contributed by atoms with van der Waals surface area (Å²) in [6.45, 7) is 6.75. The van der Waals surface area contributed by atoms with Gasteiger partial charge in [0.1, 0.15) is 5.82 Å². The van der Waals surface area contributed by atoms with Crippen LogP contribution in [0.2, 0.25) is 0 Å². The average Bonchev–Trinajstić information content (AvgIpc) is 3.19. The number of benzene rings is 2. The first-order valence-electron chi connectivity index (χ1n) is 20.3. The zero-order chi connectivity index (χ0) is 39.4. The highest BCUT2D eigenvalue weighted by Gasteiger charge is 2.43. The molecule has 296 valence electrons. The van der Waals surface area contributed by atoms with Crippen molar-refractivity contribution < 1.29 is 19.2 Å². The fourth-order valence-corrected chi connectivity index (χ4v) is 8.47. The van der Waals surface area contributed by atoms with Gasteiger partial charge in [-0.3, -0.25) is 19.2 Å². The molecule has 3 aromatic rings. The molecule has 0 unspecified atom stereocenters. The van der Waals surface area contributed by atoms with Crippen LogP contribution < -0.4 is 21.7 Å². The number of anilines is 1. The summed E-state index contributed by atoms with van der Waals surface area (Å²) >= 11 is 0. The summed E-state index contributed by atoms with van der Waals surface area (Å²) < 4.78 is 0. The number of nitrogens with zero attached hydrogens (tertiary/aromatic N) is 3. The molecule has 0 bridgehead atoms. The van der Waals surface area contributed by atoms with E-state index in [1.165, 1.54) is 5.56 Å². The molecule has 1 saturated heterocycles. The number of unbranched alkanes of at least 4 members (excludes halogenated alkanes) is 1. The van der Waals surface area contributed by atoms with Crippen LogP contribution in [0.4, 0.5) is 5.82 Å². The van der Waals surface area contributed by atoms with Crippen LogP contribution in [-0.4, -0.2) is 78.6 Å². The Morgan fingerprint density at radius 1 is 0.800 bits per heavy atom. The van der Waals surface area contributed by atoms with Gasteiger partial charge >= 0.3 is 0 Å². The lowest BCUT2D eigenvalue weighted by molar-refractivity contribution is -0.140. The first-order valence-corrected chi connectivity index (χ1v) is 20.3. The minimum absolute atomic E-state index is 0.00642. The van der Waals surface area contributed by atoms with Gasteiger partial charge in [-0.25, -0.2) is 4.98 Å². The van der Waals surface area contributed by atoms with Gasteiger partial charge in [0, 0.05) is 68.5 Å². The van der Waals surface area contributed by atoms with E-state index in [-0.39, 0.29) is 47.6 Å². The van der Waals surface area contributed by atoms with Crippen LogP contribution in [0.3, 0.4) is 0 Å². The highest BCUT2D eigenvalue weighted by molar-refractivity contribution is 5.95. The SMILES string of the molecule is CC(C)C[C@@H](NC(=O)[C@H](CC(=O)[C@H](N)Cc1ccccc1)Cc1ccccc1)C(=O)C[C@H](CCCCN)C(=O)N1CCC2(CC1)CCN(C)c1ncccc12. The number of nitrogens with one attached hydrogen (secondary N) is 1. The molecule has 0 aliphatic carbocycles. The van der Waals surface area contributed by atoms with E-state index in [0.29, 0.717) is 45.3 Å². The number of ketones is 2. The molecule has 2 aliphatic heterocycles. The second-order valence-electron chi connectivity index (χ2n) is 16.3. The molecule has 2 aromatic carbocycles. The number of rotatable bonds is 19. The third kappa shape index (κ3) is 11.3. The molecular formula is C45H62N6O4. The molecule has 55 heavy (non-hydrogen) atoms. The van der Waals surface area contributed by atoms with Gasteiger partial charge in [0.05, 0.1) is 12.1 Å². The quantitative estimate of drug-likeness (QED) is 0.138. The van der Waals surface area contributed by atoms with Crippen molar-refractivity contribution in [3.05, 3.63) is 95.7 Å². The summed E-state index contributed by atoms with van der Waals surface area (Å²) in [5, 5.41) is 3.07. The lowest BCUT2D eigenvalue weighted by Gasteiger charge is -2.47. The molecule has 10 nitrogen and oxygen atoms in total. The lowest BCUT2D eigenvalue weighted by atomic mass is 9.68. The van der Waals surface area contributed by atoms with E-state index in [9.17, 15) is 19.2 Å². The Hall–Kier alpha value is -4.41. The Morgan fingerprint density at radius 3 is 2.05 bits per heavy atom. The van der Waals surface area contributed by atoms with Gasteiger partial charge in [0.15, 0.2) is 11.6 Å². The minimum atomic E-state index is -0.781. The molecule has 5 rings (SSSR count). The third-order valence-electron chi connectivity index (χ3n) is 11.7. The summed E-state index contributed by atoms with van der Waals surface area (Å²) in [6.07, 6.45) is 7.83. The van der Waals surface area contributed by atoms with E-state index < -0.39 is 23.9 Å². The highest BCUT2D eigenvalue weighted by Crippen LogP contribution is 2.45. The van der Waals surface area contributed by atoms with Crippen molar-refractivity contribution in [2.45, 2.75) is 102 Å². The van der Waals surface area contributed by atoms with E-state index in [0.717, 1.165) is 55.6 Å². The molecule has 2 amide bonds. The average molecular weight is 751 g/mol. The summed E-state index contributed by atoms with van der Waals surface area (Å²) in [7, 11) is 2.08. The monoisotopic (exact) mass is 750 g/mol. The lowest BCUT2D eigenvalue weighted by Crippen LogP contribution is -2.51. The van der Waals surface area contributed by atoms with Crippen molar-refractivity contribution in [1.29, 1.82) is 0 Å². The Bertz CT molecular complexity index is 1710. The number of pyridine rings is 1. The number of carbonyl (C=O) groups is 4. The number of nitrogens with two attached hydrogens (primary N) is 2. The number of piperidine rings is 1. The predicted octanol–water partition coefficient (Wildman–Crippen LogP) is 5.41. The molecule has 1 spiro atoms. The maximum absolute atomic E-state index is 14.3. The Balaban J connectivity index is 1.28. The fraction of sp³-hybridized carbons (Fsp3) is 0.533. The normalized spacial score (nSPS) is 17.3. The van der Waals surface area contributed by atoms with Gasteiger partial charge in [-0.05, 0) is 81.0 Å². The molecule has 2 aliphatic rings. The van der Waals surface area contributed by atoms with Crippen molar-refractivity contribution in [1.82, 2.24) is 15.2 Å². The predicted molar refractivity (Wildman–Crippen MR) is 218 cm³/mol. The van der Waals surface area contributed by atoms with E-state index in [4.69, 9.17) is 11.5 Å². The van der Waals surface area contributed by atoms with Crippen molar-refractivity contribution in [2.75, 3.05) is 38.1 Å². The fourth-order valence-electron chi connectivity index (χ4n) is 8.47. The molecule has 0 radical (unpaired) electrons. The van der Waals surface area contributed by atoms with Crippen LogP contribution in [0.5, 0.6) is 0 Å². The summed E-state index contributed by atoms with van der Waals surface area (Å²) in [5.74, 6) is -0.743. The van der Waals surface area contributed by atoms with E-state index in [1.54, 1.807) is 0 Å². The third-order valence-corrected chi connectivity index (χ3v) is 11.7. The van der Waals surface area contributed by atoms with Crippen molar-refractivity contribution >= 4 is 29.2 Å². The molecule has 1 aromatic heterocycles. The van der Waals surface area contributed by atoms with Crippen LogP contribution in [0.15, 0.2) is 79.0 Å². The minimum Gasteiger partial charge on any atom is -0.359 e. The van der Waals surface area contributed by atoms with E-state index >= 15 is 0 Å². The number of likely N-dealkylation sites (tertiary alicyclic amines) is 1. The topological polar surface area (TPSA) is 152 Å². The number of hydrogen-bond acceptors (Lipinski definition) is 8. The standard InChI is InChI=1S/C45H62N6O4/c1-32(2)27-39(49-43(54)36(28-33-13-6-4-7-14-33)31-40(52)38(47)29-34-15-8-5-9-16-34)41(53)30-35(17-10-11-22-46)44(55)51-25-20-45(21-26-51)19-24-50(3)42-37(45)18-12-23-48-42/h4-9,12-16,18,23,32,35-36,38-39H,10-11,17,19-22,24-31,46-47H2,1-3H3,(H,49,54)/t35-,36-,38+,39+/m0/s1. The molecule has 1 fully saturated rings. The van der Waals surface area contributed by atoms with E-state index in [2.05, 4.69) is 28.3 Å². The molecule has 0 saturated carbocycles. The number of hydrogen-bond donors (Lipinski definition) is 3. The zero-order valence-electron chi connectivity index (χ0n) is 33.1. The van der Waals surface area contributed by atoms with Crippen LogP contribution in [-0.2, 0) is 37.4 Å². The zero-order valence-corrected chi connectivity index (χ0v) is 33.1. The summed E-state index contributed by atoms with van der Waals surface area (Å²) in [6, 6.07) is 21.9. The molecule has 4 atom stereocenters. The highest BCUT2D eigenvalue weighted by atomic mass is 16.2. The van der Waals surface area contributed by atoms with Crippen LogP contribution in [0.25, 0.3) is 0 Å². The van der Waals surface area contributed by atoms with Crippen molar-refractivity contribution in [3.63, 3.8) is 0 Å². The second-order valence-corrected chi connectivity index (χ2v) is 16.3. The number of amides is 2. The number of Topliss-reactive ketones (excluding diaryl/α,β-unsaturated/α-hetero) is 2. The molecule has 10 heteroatoms. The summed E-state index contributed by atoms with van der Waals surface area (Å²) in [5.41, 5.74) is 15.4. The second kappa shape index (κ2) is 20.0. The van der Waals surface area contributed by atoms with Gasteiger partial charge in [-0.2, -0.15) is 0 Å². The van der Waals surface area contributed by atoms with Gasteiger partial charge in [-0.1, -0.05) is 87.0 Å². The Kier molecular flexibility index (Phi) is 15.1. The van der Waals surface area contributed by atoms with E-state index in [1.807, 2.05) is 91.7 Å². The molecule has 5 N–H and O–H groups in total. The first kappa shape index (κ1) is 41.7. The maximum Gasteiger partial charge on any atom is 0.226 e. The number of aromatic nitrogens is 1. The van der Waals surface area contributed by atoms with Gasteiger partial charge in [0.2, 0.25) is 11.8 Å². The summed E-state index contributed by atoms with van der Waals surface area (Å²) in [4.78, 5) is 65.0. The van der Waals surface area contributed by atoms with Gasteiger partial charge in [0.25, 0.3) is 0 Å². The van der Waals surface area contributed by atoms with Crippen molar-refractivity contribution in [3.8, 4) is 0 Å². The largest absolute Gasteiger partial charge is 0.359 e. The maximum atomic E-state index is 14.3. The number of carbonyl (C=O) groups excluding carboxylic acids is 4. The smallest absolute Gasteiger partial charge is 0.226 e. The van der Waals surface area contributed by atoms with Crippen molar-refractivity contribution in [2.24, 2.45) is 29.2 Å². The van der Waals surface area contributed by atoms with Crippen LogP contribution in [0, 0.1) is 17.8 Å². The van der Waals surface area contributed by atoms with Crippen LogP contribution in [0.1, 0.15) is 88.3 Å². The van der Waals surface area contributed by atoms with Crippen LogP contribution >= 0.6 is 0 Å². The Morgan fingerprint density at radius 2 is 1.42 bits per heavy atom. The first-order chi connectivity index (χ1) is 26.5.